The fourth-order valence-corrected chi connectivity index (χ4v) is 4.29. The number of amides is 3. The van der Waals surface area contributed by atoms with Crippen molar-refractivity contribution in [2.45, 2.75) is 33.7 Å². The van der Waals surface area contributed by atoms with Crippen LogP contribution in [0.25, 0.3) is 0 Å². The molecule has 182 valence electrons. The van der Waals surface area contributed by atoms with E-state index < -0.39 is 5.92 Å². The Kier molecular flexibility index (Phi) is 7.19. The number of anilines is 2. The molecular weight excluding hydrogens is 446 g/mol. The van der Waals surface area contributed by atoms with E-state index in [0.29, 0.717) is 30.3 Å². The molecule has 2 heterocycles. The molecule has 2 N–H and O–H groups in total. The fourth-order valence-electron chi connectivity index (χ4n) is 4.29. The zero-order chi connectivity index (χ0) is 24.9. The summed E-state index contributed by atoms with van der Waals surface area (Å²) in [7, 11) is 0. The summed E-state index contributed by atoms with van der Waals surface area (Å²) >= 11 is 0. The van der Waals surface area contributed by atoms with Crippen molar-refractivity contribution < 1.29 is 23.5 Å². The van der Waals surface area contributed by atoms with Crippen molar-refractivity contribution >= 4 is 29.1 Å². The van der Waals surface area contributed by atoms with E-state index in [9.17, 15) is 14.4 Å². The standard InChI is InChI=1S/C27H29N3O5/c1-17-11-18(2)26(19(3)12-17)29-24(31)16-35-22-8-6-21(7-9-22)30-15-20(13-25(30)32)27(33)28-14-23-5-4-10-34-23/h4-12,20H,13-16H2,1-3H3,(H,28,33)(H,29,31)/t20-/m0/s1. The summed E-state index contributed by atoms with van der Waals surface area (Å²) in [5.41, 5.74) is 4.63. The van der Waals surface area contributed by atoms with Crippen molar-refractivity contribution in [3.8, 4) is 5.75 Å². The van der Waals surface area contributed by atoms with E-state index in [-0.39, 0.29) is 30.7 Å². The second kappa shape index (κ2) is 10.5. The molecule has 8 heteroatoms. The molecule has 0 radical (unpaired) electrons. The summed E-state index contributed by atoms with van der Waals surface area (Å²) in [6.45, 7) is 6.41. The predicted molar refractivity (Wildman–Crippen MR) is 132 cm³/mol. The van der Waals surface area contributed by atoms with Crippen LogP contribution in [0.15, 0.2) is 59.2 Å². The van der Waals surface area contributed by atoms with Gasteiger partial charge in [0.25, 0.3) is 5.91 Å². The minimum atomic E-state index is -0.425. The molecule has 35 heavy (non-hydrogen) atoms. The summed E-state index contributed by atoms with van der Waals surface area (Å²) < 4.78 is 10.8. The molecule has 0 unspecified atom stereocenters. The van der Waals surface area contributed by atoms with Crippen LogP contribution in [0.3, 0.4) is 0 Å². The van der Waals surface area contributed by atoms with Crippen molar-refractivity contribution in [2.24, 2.45) is 5.92 Å². The van der Waals surface area contributed by atoms with Crippen LogP contribution < -0.4 is 20.3 Å². The molecule has 4 rings (SSSR count). The number of hydrogen-bond acceptors (Lipinski definition) is 5. The number of ether oxygens (including phenoxy) is 1. The van der Waals surface area contributed by atoms with Gasteiger partial charge in [0.15, 0.2) is 6.61 Å². The Labute approximate surface area is 204 Å². The van der Waals surface area contributed by atoms with Crippen LogP contribution in [0.2, 0.25) is 0 Å². The van der Waals surface area contributed by atoms with Crippen LogP contribution in [0.5, 0.6) is 5.75 Å². The van der Waals surface area contributed by atoms with Gasteiger partial charge in [-0.1, -0.05) is 17.7 Å². The average Bonchev–Trinajstić information content (AvgIpc) is 3.48. The zero-order valence-electron chi connectivity index (χ0n) is 20.1. The van der Waals surface area contributed by atoms with Gasteiger partial charge in [-0.05, 0) is 68.3 Å². The summed E-state index contributed by atoms with van der Waals surface area (Å²) in [5.74, 6) is 0.212. The molecule has 1 aliphatic rings. The van der Waals surface area contributed by atoms with Gasteiger partial charge in [0.05, 0.1) is 18.7 Å². The average molecular weight is 476 g/mol. The van der Waals surface area contributed by atoms with Crippen molar-refractivity contribution in [2.75, 3.05) is 23.4 Å². The molecular formula is C27H29N3O5. The normalized spacial score (nSPS) is 15.2. The lowest BCUT2D eigenvalue weighted by molar-refractivity contribution is -0.126. The molecule has 3 aromatic rings. The number of rotatable bonds is 8. The van der Waals surface area contributed by atoms with Gasteiger partial charge in [0, 0.05) is 24.3 Å². The quantitative estimate of drug-likeness (QED) is 0.515. The molecule has 2 aromatic carbocycles. The first-order chi connectivity index (χ1) is 16.8. The number of carbonyl (C=O) groups is 3. The smallest absolute Gasteiger partial charge is 0.262 e. The summed E-state index contributed by atoms with van der Waals surface area (Å²) in [4.78, 5) is 39.0. The molecule has 0 bridgehead atoms. The number of nitrogens with zero attached hydrogens (tertiary/aromatic N) is 1. The molecule has 1 saturated heterocycles. The molecule has 1 fully saturated rings. The van der Waals surface area contributed by atoms with Gasteiger partial charge >= 0.3 is 0 Å². The zero-order valence-corrected chi connectivity index (χ0v) is 20.1. The van der Waals surface area contributed by atoms with Crippen LogP contribution in [-0.2, 0) is 20.9 Å². The molecule has 1 aliphatic heterocycles. The SMILES string of the molecule is Cc1cc(C)c(NC(=O)COc2ccc(N3C[C@@H](C(=O)NCc4ccco4)CC3=O)cc2)c(C)c1. The molecule has 3 amide bonds. The first-order valence-corrected chi connectivity index (χ1v) is 11.5. The van der Waals surface area contributed by atoms with E-state index in [0.717, 1.165) is 22.4 Å². The third-order valence-corrected chi connectivity index (χ3v) is 5.97. The minimum absolute atomic E-state index is 0.111. The van der Waals surface area contributed by atoms with E-state index in [4.69, 9.17) is 9.15 Å². The second-order valence-electron chi connectivity index (χ2n) is 8.81. The minimum Gasteiger partial charge on any atom is -0.484 e. The monoisotopic (exact) mass is 475 g/mol. The number of hydrogen-bond donors (Lipinski definition) is 2. The Hall–Kier alpha value is -4.07. The van der Waals surface area contributed by atoms with Gasteiger partial charge in [-0.15, -0.1) is 0 Å². The van der Waals surface area contributed by atoms with E-state index in [2.05, 4.69) is 10.6 Å². The summed E-state index contributed by atoms with van der Waals surface area (Å²) in [6.07, 6.45) is 1.70. The molecule has 0 spiro atoms. The predicted octanol–water partition coefficient (Wildman–Crippen LogP) is 3.89. The van der Waals surface area contributed by atoms with E-state index in [1.807, 2.05) is 32.9 Å². The van der Waals surface area contributed by atoms with Crippen molar-refractivity contribution in [1.29, 1.82) is 0 Å². The van der Waals surface area contributed by atoms with Crippen LogP contribution in [0.1, 0.15) is 28.9 Å². The Morgan fingerprint density at radius 3 is 2.46 bits per heavy atom. The third-order valence-electron chi connectivity index (χ3n) is 5.97. The highest BCUT2D eigenvalue weighted by atomic mass is 16.5. The van der Waals surface area contributed by atoms with Crippen molar-refractivity contribution in [3.05, 3.63) is 77.2 Å². The molecule has 1 atom stereocenters. The van der Waals surface area contributed by atoms with Gasteiger partial charge in [-0.25, -0.2) is 0 Å². The van der Waals surface area contributed by atoms with Crippen LogP contribution in [0.4, 0.5) is 11.4 Å². The number of benzene rings is 2. The van der Waals surface area contributed by atoms with Crippen LogP contribution in [-0.4, -0.2) is 30.9 Å². The second-order valence-corrected chi connectivity index (χ2v) is 8.81. The highest BCUT2D eigenvalue weighted by Gasteiger charge is 2.35. The first kappa shape index (κ1) is 24.1. The maximum Gasteiger partial charge on any atom is 0.262 e. The van der Waals surface area contributed by atoms with E-state index in [1.165, 1.54) is 0 Å². The van der Waals surface area contributed by atoms with Gasteiger partial charge in [-0.3, -0.25) is 14.4 Å². The van der Waals surface area contributed by atoms with Crippen molar-refractivity contribution in [3.63, 3.8) is 0 Å². The lowest BCUT2D eigenvalue weighted by Gasteiger charge is -2.17. The number of furan rings is 1. The van der Waals surface area contributed by atoms with Crippen LogP contribution in [0, 0.1) is 26.7 Å². The van der Waals surface area contributed by atoms with Gasteiger partial charge in [-0.2, -0.15) is 0 Å². The topological polar surface area (TPSA) is 101 Å². The molecule has 0 saturated carbocycles. The Morgan fingerprint density at radius 2 is 1.80 bits per heavy atom. The van der Waals surface area contributed by atoms with Crippen LogP contribution >= 0.6 is 0 Å². The highest BCUT2D eigenvalue weighted by Crippen LogP contribution is 2.27. The Balaban J connectivity index is 1.29. The number of aryl methyl sites for hydroxylation is 3. The summed E-state index contributed by atoms with van der Waals surface area (Å²) in [5, 5.41) is 5.73. The molecule has 1 aromatic heterocycles. The van der Waals surface area contributed by atoms with E-state index in [1.54, 1.807) is 47.6 Å². The largest absolute Gasteiger partial charge is 0.484 e. The molecule has 8 nitrogen and oxygen atoms in total. The van der Waals surface area contributed by atoms with Gasteiger partial charge in [0.2, 0.25) is 11.8 Å². The highest BCUT2D eigenvalue weighted by molar-refractivity contribution is 6.00. The number of carbonyl (C=O) groups excluding carboxylic acids is 3. The fraction of sp³-hybridized carbons (Fsp3) is 0.296. The van der Waals surface area contributed by atoms with Gasteiger partial charge < -0.3 is 24.7 Å². The number of nitrogens with one attached hydrogen (secondary N) is 2. The lowest BCUT2D eigenvalue weighted by atomic mass is 10.1. The first-order valence-electron chi connectivity index (χ1n) is 11.5. The Morgan fingerprint density at radius 1 is 1.09 bits per heavy atom. The molecule has 0 aliphatic carbocycles. The van der Waals surface area contributed by atoms with E-state index >= 15 is 0 Å². The summed E-state index contributed by atoms with van der Waals surface area (Å²) in [6, 6.07) is 14.5. The lowest BCUT2D eigenvalue weighted by Crippen LogP contribution is -2.32. The maximum atomic E-state index is 12.5. The maximum absolute atomic E-state index is 12.5. The third kappa shape index (κ3) is 5.90. The Bertz CT molecular complexity index is 1200. The van der Waals surface area contributed by atoms with Gasteiger partial charge in [0.1, 0.15) is 11.5 Å². The van der Waals surface area contributed by atoms with Crippen molar-refractivity contribution in [1.82, 2.24) is 5.32 Å².